The molecule has 1 aromatic rings. The molecule has 1 heterocycles. The fourth-order valence-electron chi connectivity index (χ4n) is 1.65. The molecular weight excluding hydrogens is 207 g/mol. The Hall–Kier alpha value is -1.58. The number of nitrogens with one attached hydrogen (secondary N) is 1. The number of benzene rings is 1. The first-order chi connectivity index (χ1) is 7.81. The van der Waals surface area contributed by atoms with Gasteiger partial charge in [-0.05, 0) is 31.5 Å². The Morgan fingerprint density at radius 2 is 2.38 bits per heavy atom. The van der Waals surface area contributed by atoms with Gasteiger partial charge in [0.2, 0.25) is 0 Å². The molecule has 1 aromatic carbocycles. The van der Waals surface area contributed by atoms with Crippen LogP contribution in [0.1, 0.15) is 18.9 Å². The molecule has 0 saturated carbocycles. The van der Waals surface area contributed by atoms with Crippen LogP contribution in [0, 0.1) is 5.82 Å². The van der Waals surface area contributed by atoms with Crippen molar-refractivity contribution >= 4 is 5.84 Å². The molecule has 0 fully saturated rings. The summed E-state index contributed by atoms with van der Waals surface area (Å²) in [4.78, 5) is 4.31. The molecule has 0 aliphatic carbocycles. The van der Waals surface area contributed by atoms with Crippen molar-refractivity contribution in [3.8, 4) is 5.75 Å². The van der Waals surface area contributed by atoms with Crippen LogP contribution in [-0.2, 0) is 0 Å². The molecule has 4 heteroatoms. The largest absolute Gasteiger partial charge is 0.491 e. The molecule has 0 saturated heterocycles. The van der Waals surface area contributed by atoms with Gasteiger partial charge in [-0.1, -0.05) is 0 Å². The van der Waals surface area contributed by atoms with Crippen LogP contribution < -0.4 is 10.1 Å². The van der Waals surface area contributed by atoms with Crippen molar-refractivity contribution in [3.63, 3.8) is 0 Å². The first kappa shape index (κ1) is 10.9. The molecular formula is C12H15FN2O. The van der Waals surface area contributed by atoms with E-state index in [1.165, 1.54) is 6.07 Å². The van der Waals surface area contributed by atoms with Crippen LogP contribution >= 0.6 is 0 Å². The number of hydrogen-bond donors (Lipinski definition) is 1. The topological polar surface area (TPSA) is 33.6 Å². The van der Waals surface area contributed by atoms with Gasteiger partial charge in [-0.3, -0.25) is 4.99 Å². The van der Waals surface area contributed by atoms with Gasteiger partial charge >= 0.3 is 0 Å². The molecule has 2 rings (SSSR count). The van der Waals surface area contributed by atoms with E-state index in [-0.39, 0.29) is 5.82 Å². The molecule has 16 heavy (non-hydrogen) atoms. The summed E-state index contributed by atoms with van der Waals surface area (Å²) >= 11 is 0. The van der Waals surface area contributed by atoms with Crippen molar-refractivity contribution in [2.45, 2.75) is 13.3 Å². The van der Waals surface area contributed by atoms with Crippen LogP contribution in [0.3, 0.4) is 0 Å². The average molecular weight is 222 g/mol. The summed E-state index contributed by atoms with van der Waals surface area (Å²) < 4.78 is 18.7. The van der Waals surface area contributed by atoms with Crippen LogP contribution in [0.2, 0.25) is 0 Å². The number of ether oxygens (including phenoxy) is 1. The van der Waals surface area contributed by atoms with Crippen molar-refractivity contribution in [2.75, 3.05) is 19.7 Å². The van der Waals surface area contributed by atoms with E-state index in [1.54, 1.807) is 6.07 Å². The normalized spacial score (nSPS) is 15.2. The van der Waals surface area contributed by atoms with E-state index in [4.69, 9.17) is 4.74 Å². The SMILES string of the molecule is CCOc1ccc(C2=NCCCN2)cc1F. The molecule has 86 valence electrons. The minimum absolute atomic E-state index is 0.294. The molecule has 1 aliphatic heterocycles. The lowest BCUT2D eigenvalue weighted by Crippen LogP contribution is -2.30. The molecule has 0 spiro atoms. The van der Waals surface area contributed by atoms with Crippen LogP contribution in [0.15, 0.2) is 23.2 Å². The zero-order valence-corrected chi connectivity index (χ0v) is 9.29. The van der Waals surface area contributed by atoms with E-state index >= 15 is 0 Å². The highest BCUT2D eigenvalue weighted by atomic mass is 19.1. The number of amidine groups is 1. The van der Waals surface area contributed by atoms with Gasteiger partial charge in [-0.25, -0.2) is 4.39 Å². The Morgan fingerprint density at radius 1 is 1.50 bits per heavy atom. The van der Waals surface area contributed by atoms with Crippen molar-refractivity contribution in [1.29, 1.82) is 0 Å². The van der Waals surface area contributed by atoms with Gasteiger partial charge in [-0.2, -0.15) is 0 Å². The average Bonchev–Trinajstić information content (AvgIpc) is 2.33. The fourth-order valence-corrected chi connectivity index (χ4v) is 1.65. The molecule has 1 N–H and O–H groups in total. The number of hydrogen-bond acceptors (Lipinski definition) is 3. The highest BCUT2D eigenvalue weighted by Crippen LogP contribution is 2.18. The minimum Gasteiger partial charge on any atom is -0.491 e. The van der Waals surface area contributed by atoms with Crippen molar-refractivity contribution in [3.05, 3.63) is 29.6 Å². The highest BCUT2D eigenvalue weighted by Gasteiger charge is 2.10. The van der Waals surface area contributed by atoms with E-state index in [0.717, 1.165) is 30.9 Å². The van der Waals surface area contributed by atoms with E-state index in [2.05, 4.69) is 10.3 Å². The molecule has 0 bridgehead atoms. The van der Waals surface area contributed by atoms with E-state index in [1.807, 2.05) is 13.0 Å². The maximum Gasteiger partial charge on any atom is 0.165 e. The zero-order chi connectivity index (χ0) is 11.4. The zero-order valence-electron chi connectivity index (χ0n) is 9.29. The highest BCUT2D eigenvalue weighted by molar-refractivity contribution is 5.99. The maximum atomic E-state index is 13.6. The number of nitrogens with zero attached hydrogens (tertiary/aromatic N) is 1. The standard InChI is InChI=1S/C12H15FN2O/c1-2-16-11-5-4-9(8-10(11)13)12-14-6-3-7-15-12/h4-5,8H,2-3,6-7H2,1H3,(H,14,15). The number of halogens is 1. The molecule has 0 unspecified atom stereocenters. The Kier molecular flexibility index (Phi) is 3.39. The summed E-state index contributed by atoms with van der Waals surface area (Å²) in [5, 5.41) is 3.16. The molecule has 3 nitrogen and oxygen atoms in total. The Bertz CT molecular complexity index is 404. The van der Waals surface area contributed by atoms with E-state index in [0.29, 0.717) is 12.4 Å². The predicted molar refractivity (Wildman–Crippen MR) is 61.6 cm³/mol. The van der Waals surface area contributed by atoms with Crippen LogP contribution in [0.25, 0.3) is 0 Å². The summed E-state index contributed by atoms with van der Waals surface area (Å²) in [6.07, 6.45) is 1.03. The summed E-state index contributed by atoms with van der Waals surface area (Å²) in [6.45, 7) is 4.00. The second-order valence-corrected chi connectivity index (χ2v) is 3.59. The third kappa shape index (κ3) is 2.32. The Labute approximate surface area is 94.3 Å². The van der Waals surface area contributed by atoms with Crippen molar-refractivity contribution < 1.29 is 9.13 Å². The first-order valence-electron chi connectivity index (χ1n) is 5.52. The monoisotopic (exact) mass is 222 g/mol. The fraction of sp³-hybridized carbons (Fsp3) is 0.417. The van der Waals surface area contributed by atoms with Gasteiger partial charge in [0.15, 0.2) is 11.6 Å². The van der Waals surface area contributed by atoms with Crippen LogP contribution in [-0.4, -0.2) is 25.5 Å². The second kappa shape index (κ2) is 4.96. The lowest BCUT2D eigenvalue weighted by atomic mass is 10.1. The molecule has 0 aromatic heterocycles. The predicted octanol–water partition coefficient (Wildman–Crippen LogP) is 1.96. The van der Waals surface area contributed by atoms with Crippen LogP contribution in [0.5, 0.6) is 5.75 Å². The summed E-state index contributed by atoms with van der Waals surface area (Å²) in [6, 6.07) is 4.93. The Balaban J connectivity index is 2.23. The molecule has 0 amide bonds. The van der Waals surface area contributed by atoms with Crippen molar-refractivity contribution in [1.82, 2.24) is 5.32 Å². The molecule has 1 aliphatic rings. The molecule has 0 radical (unpaired) electrons. The molecule has 0 atom stereocenters. The van der Waals surface area contributed by atoms with Gasteiger partial charge in [-0.15, -0.1) is 0 Å². The maximum absolute atomic E-state index is 13.6. The quantitative estimate of drug-likeness (QED) is 0.848. The van der Waals surface area contributed by atoms with Gasteiger partial charge in [0, 0.05) is 18.7 Å². The Morgan fingerprint density at radius 3 is 3.00 bits per heavy atom. The van der Waals surface area contributed by atoms with E-state index < -0.39 is 0 Å². The smallest absolute Gasteiger partial charge is 0.165 e. The third-order valence-electron chi connectivity index (χ3n) is 2.40. The lowest BCUT2D eigenvalue weighted by Gasteiger charge is -2.15. The minimum atomic E-state index is -0.338. The van der Waals surface area contributed by atoms with Gasteiger partial charge in [0.25, 0.3) is 0 Å². The summed E-state index contributed by atoms with van der Waals surface area (Å²) in [7, 11) is 0. The number of aliphatic imine (C=N–C) groups is 1. The van der Waals surface area contributed by atoms with Gasteiger partial charge < -0.3 is 10.1 Å². The van der Waals surface area contributed by atoms with E-state index in [9.17, 15) is 4.39 Å². The van der Waals surface area contributed by atoms with Crippen LogP contribution in [0.4, 0.5) is 4.39 Å². The summed E-state index contributed by atoms with van der Waals surface area (Å²) in [5.74, 6) is 0.727. The number of rotatable bonds is 3. The first-order valence-corrected chi connectivity index (χ1v) is 5.52. The lowest BCUT2D eigenvalue weighted by molar-refractivity contribution is 0.321. The van der Waals surface area contributed by atoms with Gasteiger partial charge in [0.1, 0.15) is 5.84 Å². The van der Waals surface area contributed by atoms with Gasteiger partial charge in [0.05, 0.1) is 6.61 Å². The summed E-state index contributed by atoms with van der Waals surface area (Å²) in [5.41, 5.74) is 0.778. The van der Waals surface area contributed by atoms with Crippen molar-refractivity contribution in [2.24, 2.45) is 4.99 Å². The second-order valence-electron chi connectivity index (χ2n) is 3.59. The third-order valence-corrected chi connectivity index (χ3v) is 2.40.